The highest BCUT2D eigenvalue weighted by atomic mass is 32.5. The van der Waals surface area contributed by atoms with E-state index in [1.807, 2.05) is 30.3 Å². The van der Waals surface area contributed by atoms with Crippen molar-refractivity contribution in [3.8, 4) is 5.75 Å². The van der Waals surface area contributed by atoms with Crippen LogP contribution < -0.4 is 20.9 Å². The van der Waals surface area contributed by atoms with Gasteiger partial charge in [-0.15, -0.1) is 0 Å². The van der Waals surface area contributed by atoms with Gasteiger partial charge in [-0.2, -0.15) is 0 Å². The fourth-order valence-corrected chi connectivity index (χ4v) is 6.48. The quantitative estimate of drug-likeness (QED) is 0.178. The first-order chi connectivity index (χ1) is 19.2. The first-order valence-electron chi connectivity index (χ1n) is 12.4. The number of para-hydroxylation sites is 1. The Morgan fingerprint density at radius 3 is 2.48 bits per heavy atom. The summed E-state index contributed by atoms with van der Waals surface area (Å²) in [6.45, 7) is -2.53. The van der Waals surface area contributed by atoms with Crippen LogP contribution in [0.25, 0.3) is 0 Å². The van der Waals surface area contributed by atoms with Gasteiger partial charge in [-0.3, -0.25) is 19.1 Å². The summed E-state index contributed by atoms with van der Waals surface area (Å²) >= 11 is 5.73. The average Bonchev–Trinajstić information content (AvgIpc) is 3.26. The highest BCUT2D eigenvalue weighted by molar-refractivity contribution is 8.09. The minimum absolute atomic E-state index is 0.0759. The maximum atomic E-state index is 12.7. The Kier molecular flexibility index (Phi) is 10.0. The molecule has 0 spiro atoms. The van der Waals surface area contributed by atoms with Crippen LogP contribution in [0, 0.1) is 5.92 Å². The molecule has 40 heavy (non-hydrogen) atoms. The summed E-state index contributed by atoms with van der Waals surface area (Å²) in [5.74, 6) is -1.03. The molecule has 4 rings (SSSR count). The van der Waals surface area contributed by atoms with Gasteiger partial charge in [0.25, 0.3) is 5.56 Å². The van der Waals surface area contributed by atoms with Crippen molar-refractivity contribution in [1.29, 1.82) is 0 Å². The smallest absolute Gasteiger partial charge is 0.330 e. The molecule has 6 unspecified atom stereocenters. The molecule has 1 aliphatic heterocycles. The molecule has 1 aliphatic rings. The van der Waals surface area contributed by atoms with Crippen molar-refractivity contribution in [2.45, 2.75) is 38.0 Å². The minimum atomic E-state index is -3.44. The van der Waals surface area contributed by atoms with E-state index in [0.29, 0.717) is 5.75 Å². The molecule has 0 radical (unpaired) electrons. The summed E-state index contributed by atoms with van der Waals surface area (Å²) < 4.78 is 24.3. The Morgan fingerprint density at radius 2 is 1.82 bits per heavy atom. The van der Waals surface area contributed by atoms with Crippen molar-refractivity contribution in [2.75, 3.05) is 13.2 Å². The van der Waals surface area contributed by atoms with Crippen molar-refractivity contribution in [1.82, 2.24) is 14.6 Å². The molecule has 0 saturated carbocycles. The first-order valence-corrected chi connectivity index (χ1v) is 15.1. The fourth-order valence-electron chi connectivity index (χ4n) is 4.06. The first kappa shape index (κ1) is 29.8. The van der Waals surface area contributed by atoms with Crippen LogP contribution >= 0.6 is 6.64 Å². The third-order valence-corrected chi connectivity index (χ3v) is 8.67. The van der Waals surface area contributed by atoms with E-state index in [0.717, 1.165) is 16.2 Å². The van der Waals surface area contributed by atoms with Gasteiger partial charge < -0.3 is 28.7 Å². The van der Waals surface area contributed by atoms with E-state index >= 15 is 0 Å². The number of aliphatic hydroxyl groups is 2. The Balaban J connectivity index is 1.47. The van der Waals surface area contributed by atoms with E-state index in [4.69, 9.17) is 30.3 Å². The topological polar surface area (TPSA) is 161 Å². The number of ether oxygens (including phenoxy) is 2. The lowest BCUT2D eigenvalue weighted by atomic mass is 9.99. The van der Waals surface area contributed by atoms with E-state index in [2.05, 4.69) is 10.1 Å². The van der Waals surface area contributed by atoms with Crippen LogP contribution in [0.2, 0.25) is 0 Å². The highest BCUT2D eigenvalue weighted by Crippen LogP contribution is 2.46. The summed E-state index contributed by atoms with van der Waals surface area (Å²) in [7, 11) is 0. The predicted octanol–water partition coefficient (Wildman–Crippen LogP) is 1.45. The van der Waals surface area contributed by atoms with E-state index < -0.39 is 60.9 Å². The van der Waals surface area contributed by atoms with Gasteiger partial charge in [-0.25, -0.2) is 9.88 Å². The molecule has 4 N–H and O–H groups in total. The van der Waals surface area contributed by atoms with Gasteiger partial charge in [0.1, 0.15) is 24.5 Å². The number of H-pyrrole nitrogens is 1. The number of benzene rings is 2. The van der Waals surface area contributed by atoms with Crippen LogP contribution in [0.5, 0.6) is 5.75 Å². The third-order valence-electron chi connectivity index (χ3n) is 6.17. The average molecular weight is 592 g/mol. The maximum Gasteiger partial charge on any atom is 0.330 e. The number of esters is 1. The van der Waals surface area contributed by atoms with Crippen LogP contribution in [0.15, 0.2) is 82.5 Å². The normalized spacial score (nSPS) is 22.8. The zero-order chi connectivity index (χ0) is 28.7. The molecular formula is C26H30N3O9PS. The van der Waals surface area contributed by atoms with E-state index in [-0.39, 0.29) is 13.2 Å². The summed E-state index contributed by atoms with van der Waals surface area (Å²) in [5.41, 5.74) is -0.562. The molecule has 12 nitrogen and oxygen atoms in total. The van der Waals surface area contributed by atoms with E-state index in [1.54, 1.807) is 37.3 Å². The zero-order valence-electron chi connectivity index (χ0n) is 21.5. The Bertz CT molecular complexity index is 1440. The second-order valence-electron chi connectivity index (χ2n) is 9.06. The van der Waals surface area contributed by atoms with Crippen molar-refractivity contribution in [3.63, 3.8) is 0 Å². The number of carbonyl (C=O) groups is 1. The van der Waals surface area contributed by atoms with Crippen LogP contribution in [0.1, 0.15) is 18.7 Å². The number of aromatic nitrogens is 2. The molecule has 0 bridgehead atoms. The second-order valence-corrected chi connectivity index (χ2v) is 12.2. The van der Waals surface area contributed by atoms with Crippen LogP contribution in [0.4, 0.5) is 0 Å². The van der Waals surface area contributed by atoms with Crippen LogP contribution in [0.3, 0.4) is 0 Å². The molecule has 3 aromatic rings. The number of nitrogens with zero attached hydrogens (tertiary/aromatic N) is 1. The Hall–Kier alpha value is -3.16. The number of carbonyl (C=O) groups excluding carboxylic acids is 1. The van der Waals surface area contributed by atoms with Crippen LogP contribution in [-0.4, -0.2) is 57.2 Å². The largest absolute Gasteiger partial charge is 0.460 e. The molecule has 0 aliphatic carbocycles. The van der Waals surface area contributed by atoms with Crippen molar-refractivity contribution in [3.05, 3.63) is 99.3 Å². The number of hydrogen-bond donors (Lipinski definition) is 4. The standard InChI is InChI=1S/C26H30N3O9PS/c1-17(25(33)35-15-18-8-4-2-5-9-18)28-39(40,38-19-10-6-3-7-11-19)36-16-21-20(14-30)23(32)24(37-21)29-13-12-22(31)27-26(29)34/h2-13,17,20-21,23-24,30,32H,14-16H2,1H3,(H,28,40)(H,27,31,34). The summed E-state index contributed by atoms with van der Waals surface area (Å²) in [5, 5.41) is 23.7. The molecule has 0 amide bonds. The molecule has 2 aromatic carbocycles. The third kappa shape index (κ3) is 7.52. The molecule has 1 saturated heterocycles. The van der Waals surface area contributed by atoms with Gasteiger partial charge in [0.2, 0.25) is 0 Å². The molecule has 2 heterocycles. The number of aliphatic hydroxyl groups excluding tert-OH is 2. The monoisotopic (exact) mass is 591 g/mol. The van der Waals surface area contributed by atoms with Crippen molar-refractivity contribution in [2.24, 2.45) is 5.92 Å². The lowest BCUT2D eigenvalue weighted by molar-refractivity contribution is -0.146. The SMILES string of the molecule is CC(NP(=S)(OCC1OC(n2ccc(=O)[nH]c2=O)C(O)C1CO)Oc1ccccc1)C(=O)OCc1ccccc1. The lowest BCUT2D eigenvalue weighted by Gasteiger charge is -2.28. The van der Waals surface area contributed by atoms with Gasteiger partial charge in [-0.1, -0.05) is 48.5 Å². The van der Waals surface area contributed by atoms with Gasteiger partial charge in [0.15, 0.2) is 6.23 Å². The van der Waals surface area contributed by atoms with Crippen LogP contribution in [-0.2, 0) is 37.2 Å². The molecule has 6 atom stereocenters. The van der Waals surface area contributed by atoms with Gasteiger partial charge in [-0.05, 0) is 36.4 Å². The van der Waals surface area contributed by atoms with E-state index in [9.17, 15) is 24.6 Å². The molecule has 14 heteroatoms. The second kappa shape index (κ2) is 13.5. The molecule has 1 aromatic heterocycles. The molecular weight excluding hydrogens is 561 g/mol. The minimum Gasteiger partial charge on any atom is -0.460 e. The Labute approximate surface area is 234 Å². The summed E-state index contributed by atoms with van der Waals surface area (Å²) in [4.78, 5) is 38.5. The number of hydrogen-bond acceptors (Lipinski definition) is 10. The number of aromatic amines is 1. The van der Waals surface area contributed by atoms with Crippen molar-refractivity contribution < 1.29 is 33.5 Å². The maximum absolute atomic E-state index is 12.7. The van der Waals surface area contributed by atoms with E-state index in [1.165, 1.54) is 6.20 Å². The summed E-state index contributed by atoms with van der Waals surface area (Å²) in [6, 6.07) is 18.1. The predicted molar refractivity (Wildman–Crippen MR) is 148 cm³/mol. The fraction of sp³-hybridized carbons (Fsp3) is 0.346. The number of rotatable bonds is 12. The Morgan fingerprint density at radius 1 is 1.15 bits per heavy atom. The van der Waals surface area contributed by atoms with Crippen molar-refractivity contribution >= 4 is 24.4 Å². The highest BCUT2D eigenvalue weighted by Gasteiger charge is 2.45. The molecule has 214 valence electrons. The summed E-state index contributed by atoms with van der Waals surface area (Å²) in [6.07, 6.45) is -2.20. The molecule has 1 fully saturated rings. The van der Waals surface area contributed by atoms with Gasteiger partial charge in [0, 0.05) is 18.2 Å². The van der Waals surface area contributed by atoms with Gasteiger partial charge >= 0.3 is 18.3 Å². The zero-order valence-corrected chi connectivity index (χ0v) is 23.2. The van der Waals surface area contributed by atoms with Gasteiger partial charge in [0.05, 0.1) is 19.3 Å². The lowest BCUT2D eigenvalue weighted by Crippen LogP contribution is -2.37. The number of nitrogens with one attached hydrogen (secondary N) is 2.